The smallest absolute Gasteiger partial charge is 0.261 e. The Hall–Kier alpha value is -4.76. The molecule has 4 aromatic carbocycles. The molecule has 0 fully saturated rings. The van der Waals surface area contributed by atoms with Gasteiger partial charge in [-0.25, -0.2) is 8.42 Å². The van der Waals surface area contributed by atoms with Crippen molar-refractivity contribution < 1.29 is 18.0 Å². The monoisotopic (exact) mass is 538 g/mol. The Labute approximate surface area is 227 Å². The van der Waals surface area contributed by atoms with Gasteiger partial charge in [0.15, 0.2) is 0 Å². The molecule has 4 aromatic rings. The molecule has 39 heavy (non-hydrogen) atoms. The lowest BCUT2D eigenvalue weighted by Gasteiger charge is -2.16. The van der Waals surface area contributed by atoms with E-state index >= 15 is 0 Å². The topological polar surface area (TPSA) is 108 Å². The molecule has 2 amide bonds. The molecule has 0 bridgehead atoms. The zero-order valence-electron chi connectivity index (χ0n) is 21.3. The summed E-state index contributed by atoms with van der Waals surface area (Å²) in [6.07, 6.45) is 0. The van der Waals surface area contributed by atoms with Crippen LogP contribution < -0.4 is 14.9 Å². The Balaban J connectivity index is 1.55. The Morgan fingerprint density at radius 1 is 0.897 bits per heavy atom. The fourth-order valence-corrected chi connectivity index (χ4v) is 5.46. The van der Waals surface area contributed by atoms with Crippen molar-refractivity contribution in [3.05, 3.63) is 114 Å². The molecule has 0 aliphatic carbocycles. The summed E-state index contributed by atoms with van der Waals surface area (Å²) < 4.78 is 28.5. The molecule has 1 aliphatic heterocycles. The summed E-state index contributed by atoms with van der Waals surface area (Å²) in [5.41, 5.74) is 4.15. The second-order valence-corrected chi connectivity index (χ2v) is 10.8. The summed E-state index contributed by atoms with van der Waals surface area (Å²) in [6.45, 7) is 1.49. The number of amides is 2. The Kier molecular flexibility index (Phi) is 7.00. The first-order chi connectivity index (χ1) is 18.7. The number of sulfonamides is 1. The molecular formula is C30H26N4O4S. The molecule has 5 rings (SSSR count). The number of aliphatic imine (C=N–C) groups is 1. The van der Waals surface area contributed by atoms with Gasteiger partial charge in [-0.3, -0.25) is 19.3 Å². The summed E-state index contributed by atoms with van der Waals surface area (Å²) in [5, 5.41) is 2.90. The van der Waals surface area contributed by atoms with E-state index < -0.39 is 15.9 Å². The van der Waals surface area contributed by atoms with E-state index in [0.717, 1.165) is 11.3 Å². The fourth-order valence-electron chi connectivity index (χ4n) is 4.39. The SMILES string of the molecule is CC(=O)N(C)c1ccc(N=C(c2ccccc2)C2C(=O)Nc3ccc(NS(=O)(=O)c4ccccc4)cc32)cc1. The van der Waals surface area contributed by atoms with Crippen LogP contribution in [0.3, 0.4) is 0 Å². The lowest BCUT2D eigenvalue weighted by atomic mass is 9.90. The van der Waals surface area contributed by atoms with Crippen LogP contribution in [0.4, 0.5) is 22.7 Å². The number of nitrogens with one attached hydrogen (secondary N) is 2. The lowest BCUT2D eigenvalue weighted by Crippen LogP contribution is -2.22. The minimum Gasteiger partial charge on any atom is -0.325 e. The molecule has 196 valence electrons. The summed E-state index contributed by atoms with van der Waals surface area (Å²) in [5.74, 6) is -1.12. The average molecular weight is 539 g/mol. The van der Waals surface area contributed by atoms with E-state index in [1.807, 2.05) is 30.3 Å². The van der Waals surface area contributed by atoms with E-state index in [0.29, 0.717) is 28.3 Å². The van der Waals surface area contributed by atoms with Crippen LogP contribution in [0, 0.1) is 0 Å². The number of carbonyl (C=O) groups is 2. The quantitative estimate of drug-likeness (QED) is 0.310. The van der Waals surface area contributed by atoms with Crippen LogP contribution in [0.2, 0.25) is 0 Å². The highest BCUT2D eigenvalue weighted by atomic mass is 32.2. The van der Waals surface area contributed by atoms with Gasteiger partial charge >= 0.3 is 0 Å². The predicted octanol–water partition coefficient (Wildman–Crippen LogP) is 5.33. The Morgan fingerprint density at radius 2 is 1.54 bits per heavy atom. The number of fused-ring (bicyclic) bond motifs is 1. The number of hydrogen-bond donors (Lipinski definition) is 2. The minimum absolute atomic E-state index is 0.0887. The van der Waals surface area contributed by atoms with Crippen LogP contribution in [0.15, 0.2) is 113 Å². The van der Waals surface area contributed by atoms with Crippen LogP contribution >= 0.6 is 0 Å². The van der Waals surface area contributed by atoms with E-state index in [9.17, 15) is 18.0 Å². The van der Waals surface area contributed by atoms with Gasteiger partial charge in [-0.05, 0) is 65.7 Å². The third kappa shape index (κ3) is 5.44. The number of nitrogens with zero attached hydrogens (tertiary/aromatic N) is 2. The van der Waals surface area contributed by atoms with Gasteiger partial charge in [-0.2, -0.15) is 0 Å². The maximum Gasteiger partial charge on any atom is 0.261 e. The van der Waals surface area contributed by atoms with Crippen molar-refractivity contribution in [3.8, 4) is 0 Å². The predicted molar refractivity (Wildman–Crippen MR) is 153 cm³/mol. The molecular weight excluding hydrogens is 512 g/mol. The highest BCUT2D eigenvalue weighted by Crippen LogP contribution is 2.38. The largest absolute Gasteiger partial charge is 0.325 e. The van der Waals surface area contributed by atoms with Crippen molar-refractivity contribution in [3.63, 3.8) is 0 Å². The number of anilines is 3. The lowest BCUT2D eigenvalue weighted by molar-refractivity contribution is -0.116. The zero-order valence-corrected chi connectivity index (χ0v) is 22.1. The first-order valence-corrected chi connectivity index (χ1v) is 13.7. The molecule has 9 heteroatoms. The average Bonchev–Trinajstić information content (AvgIpc) is 3.27. The molecule has 1 aliphatic rings. The molecule has 0 radical (unpaired) electrons. The summed E-state index contributed by atoms with van der Waals surface area (Å²) in [4.78, 5) is 31.6. The van der Waals surface area contributed by atoms with Crippen LogP contribution in [0.25, 0.3) is 0 Å². The Morgan fingerprint density at radius 3 is 2.18 bits per heavy atom. The maximum atomic E-state index is 13.3. The summed E-state index contributed by atoms with van der Waals surface area (Å²) in [7, 11) is -2.12. The van der Waals surface area contributed by atoms with Gasteiger partial charge in [-0.1, -0.05) is 48.5 Å². The summed E-state index contributed by atoms with van der Waals surface area (Å²) in [6, 6.07) is 29.6. The van der Waals surface area contributed by atoms with Gasteiger partial charge in [0, 0.05) is 31.0 Å². The van der Waals surface area contributed by atoms with Crippen molar-refractivity contribution in [2.24, 2.45) is 4.99 Å². The van der Waals surface area contributed by atoms with E-state index in [1.165, 1.54) is 24.0 Å². The van der Waals surface area contributed by atoms with E-state index in [4.69, 9.17) is 4.99 Å². The fraction of sp³-hybridized carbons (Fsp3) is 0.100. The van der Waals surface area contributed by atoms with Gasteiger partial charge < -0.3 is 10.2 Å². The number of benzene rings is 4. The molecule has 0 saturated carbocycles. The van der Waals surface area contributed by atoms with Crippen LogP contribution in [0.5, 0.6) is 0 Å². The molecule has 0 aromatic heterocycles. The number of rotatable bonds is 7. The number of carbonyl (C=O) groups excluding carboxylic acids is 2. The van der Waals surface area contributed by atoms with Crippen LogP contribution in [-0.2, 0) is 19.6 Å². The van der Waals surface area contributed by atoms with Gasteiger partial charge in [-0.15, -0.1) is 0 Å². The van der Waals surface area contributed by atoms with Crippen LogP contribution in [-0.4, -0.2) is 33.0 Å². The van der Waals surface area contributed by atoms with Crippen molar-refractivity contribution in [1.29, 1.82) is 0 Å². The second-order valence-electron chi connectivity index (χ2n) is 9.10. The normalized spacial score (nSPS) is 14.9. The van der Waals surface area contributed by atoms with Crippen molar-refractivity contribution in [2.75, 3.05) is 22.0 Å². The Bertz CT molecular complexity index is 1670. The first kappa shape index (κ1) is 25.9. The van der Waals surface area contributed by atoms with Crippen molar-refractivity contribution in [2.45, 2.75) is 17.7 Å². The standard InChI is InChI=1S/C30H26N4O4S/c1-20(35)34(2)24-16-13-22(14-17-24)31-29(21-9-5-3-6-10-21)28-26-19-23(15-18-27(26)32-30(28)36)33-39(37,38)25-11-7-4-8-12-25/h3-19,28,33H,1-2H3,(H,32,36). The molecule has 2 N–H and O–H groups in total. The van der Waals surface area contributed by atoms with Crippen molar-refractivity contribution in [1.82, 2.24) is 0 Å². The maximum absolute atomic E-state index is 13.3. The highest BCUT2D eigenvalue weighted by molar-refractivity contribution is 7.92. The van der Waals surface area contributed by atoms with Gasteiger partial charge in [0.05, 0.1) is 16.3 Å². The number of hydrogen-bond acceptors (Lipinski definition) is 5. The van der Waals surface area contributed by atoms with Gasteiger partial charge in [0.2, 0.25) is 11.8 Å². The van der Waals surface area contributed by atoms with Crippen molar-refractivity contribution >= 4 is 50.3 Å². The van der Waals surface area contributed by atoms with E-state index in [2.05, 4.69) is 10.0 Å². The molecule has 1 heterocycles. The van der Waals surface area contributed by atoms with Crippen LogP contribution in [0.1, 0.15) is 24.0 Å². The first-order valence-electron chi connectivity index (χ1n) is 12.2. The second kappa shape index (κ2) is 10.5. The van der Waals surface area contributed by atoms with E-state index in [1.54, 1.807) is 67.7 Å². The zero-order chi connectivity index (χ0) is 27.6. The van der Waals surface area contributed by atoms with Gasteiger partial charge in [0.25, 0.3) is 10.0 Å². The molecule has 1 atom stereocenters. The highest BCUT2D eigenvalue weighted by Gasteiger charge is 2.36. The third-order valence-electron chi connectivity index (χ3n) is 6.49. The molecule has 1 unspecified atom stereocenters. The molecule has 8 nitrogen and oxygen atoms in total. The molecule has 0 spiro atoms. The van der Waals surface area contributed by atoms with E-state index in [-0.39, 0.29) is 16.7 Å². The summed E-state index contributed by atoms with van der Waals surface area (Å²) >= 11 is 0. The molecule has 0 saturated heterocycles. The van der Waals surface area contributed by atoms with Gasteiger partial charge in [0.1, 0.15) is 5.92 Å². The minimum atomic E-state index is -3.81. The third-order valence-corrected chi connectivity index (χ3v) is 7.89.